The van der Waals surface area contributed by atoms with Crippen LogP contribution in [-0.4, -0.2) is 27.3 Å². The molecule has 0 unspecified atom stereocenters. The van der Waals surface area contributed by atoms with Crippen LogP contribution in [0.2, 0.25) is 0 Å². The van der Waals surface area contributed by atoms with Crippen molar-refractivity contribution in [2.75, 3.05) is 13.1 Å². The van der Waals surface area contributed by atoms with Gasteiger partial charge in [-0.15, -0.1) is 0 Å². The van der Waals surface area contributed by atoms with Gasteiger partial charge < -0.3 is 9.74 Å². The lowest BCUT2D eigenvalue weighted by Crippen LogP contribution is -2.43. The van der Waals surface area contributed by atoms with Crippen molar-refractivity contribution in [2.45, 2.75) is 6.42 Å². The highest BCUT2D eigenvalue weighted by Gasteiger charge is 2.22. The third-order valence-corrected chi connectivity index (χ3v) is 4.68. The molecule has 5 rings (SSSR count). The SMILES string of the molecule is C1=C(N2CCC2)NOc2c1ccc1nc3csnc3cc21. The van der Waals surface area contributed by atoms with Crippen molar-refractivity contribution in [1.82, 2.24) is 19.7 Å². The van der Waals surface area contributed by atoms with Gasteiger partial charge in [-0.25, -0.2) is 10.5 Å². The number of hydroxylamine groups is 1. The molecule has 1 N–H and O–H groups in total. The van der Waals surface area contributed by atoms with Gasteiger partial charge in [-0.3, -0.25) is 0 Å². The molecule has 0 atom stereocenters. The molecule has 1 fully saturated rings. The number of hydrogen-bond acceptors (Lipinski definition) is 6. The number of nitrogens with one attached hydrogen (secondary N) is 1. The quantitative estimate of drug-likeness (QED) is 0.748. The Hall–Kier alpha value is -2.34. The second-order valence-electron chi connectivity index (χ2n) is 5.33. The number of likely N-dealkylation sites (tertiary alicyclic amines) is 1. The van der Waals surface area contributed by atoms with Gasteiger partial charge in [0.25, 0.3) is 0 Å². The van der Waals surface area contributed by atoms with Crippen molar-refractivity contribution < 1.29 is 4.84 Å². The van der Waals surface area contributed by atoms with E-state index in [4.69, 9.17) is 4.84 Å². The van der Waals surface area contributed by atoms with Gasteiger partial charge in [0.1, 0.15) is 16.9 Å². The van der Waals surface area contributed by atoms with E-state index in [0.29, 0.717) is 0 Å². The van der Waals surface area contributed by atoms with Crippen LogP contribution < -0.4 is 10.3 Å². The molecule has 21 heavy (non-hydrogen) atoms. The largest absolute Gasteiger partial charge is 0.379 e. The molecule has 2 aliphatic heterocycles. The lowest BCUT2D eigenvalue weighted by molar-refractivity contribution is 0.137. The van der Waals surface area contributed by atoms with Gasteiger partial charge >= 0.3 is 0 Å². The summed E-state index contributed by atoms with van der Waals surface area (Å²) in [5, 5.41) is 2.96. The smallest absolute Gasteiger partial charge is 0.171 e. The highest BCUT2D eigenvalue weighted by Crippen LogP contribution is 2.35. The normalized spacial score (nSPS) is 17.0. The average Bonchev–Trinajstić information content (AvgIpc) is 2.90. The van der Waals surface area contributed by atoms with E-state index in [0.717, 1.165) is 52.2 Å². The van der Waals surface area contributed by atoms with E-state index in [1.165, 1.54) is 18.0 Å². The maximum absolute atomic E-state index is 5.81. The van der Waals surface area contributed by atoms with Crippen LogP contribution in [0, 0.1) is 0 Å². The summed E-state index contributed by atoms with van der Waals surface area (Å²) in [5.41, 5.74) is 6.93. The van der Waals surface area contributed by atoms with E-state index >= 15 is 0 Å². The molecule has 0 spiro atoms. The Kier molecular flexibility index (Phi) is 2.20. The summed E-state index contributed by atoms with van der Waals surface area (Å²) in [6.45, 7) is 2.18. The summed E-state index contributed by atoms with van der Waals surface area (Å²) in [6.07, 6.45) is 3.39. The molecule has 1 aromatic carbocycles. The lowest BCUT2D eigenvalue weighted by Gasteiger charge is -2.36. The van der Waals surface area contributed by atoms with Gasteiger partial charge in [-0.2, -0.15) is 4.37 Å². The number of nitrogens with zero attached hydrogens (tertiary/aromatic N) is 3. The molecule has 0 saturated carbocycles. The van der Waals surface area contributed by atoms with Crippen LogP contribution in [-0.2, 0) is 0 Å². The van der Waals surface area contributed by atoms with Gasteiger partial charge in [0.2, 0.25) is 0 Å². The van der Waals surface area contributed by atoms with Gasteiger partial charge in [-0.1, -0.05) is 0 Å². The van der Waals surface area contributed by atoms with Crippen LogP contribution in [0.25, 0.3) is 28.0 Å². The first-order valence-electron chi connectivity index (χ1n) is 6.96. The fourth-order valence-electron chi connectivity index (χ4n) is 2.75. The van der Waals surface area contributed by atoms with Crippen LogP contribution in [0.15, 0.2) is 29.4 Å². The minimum absolute atomic E-state index is 0.833. The Morgan fingerprint density at radius 2 is 2.14 bits per heavy atom. The molecule has 4 heterocycles. The Morgan fingerprint density at radius 3 is 3.00 bits per heavy atom. The molecule has 2 aromatic heterocycles. The molecule has 0 aliphatic carbocycles. The predicted octanol–water partition coefficient (Wildman–Crippen LogP) is 2.75. The minimum Gasteiger partial charge on any atom is -0.379 e. The Morgan fingerprint density at radius 1 is 1.19 bits per heavy atom. The van der Waals surface area contributed by atoms with Crippen LogP contribution in [0.5, 0.6) is 5.75 Å². The summed E-state index contributed by atoms with van der Waals surface area (Å²) >= 11 is 1.43. The third kappa shape index (κ3) is 1.62. The first-order valence-corrected chi connectivity index (χ1v) is 7.79. The monoisotopic (exact) mass is 296 g/mol. The van der Waals surface area contributed by atoms with Crippen LogP contribution in [0.3, 0.4) is 0 Å². The van der Waals surface area contributed by atoms with E-state index in [1.54, 1.807) is 0 Å². The number of hydrogen-bond donors (Lipinski definition) is 1. The summed E-state index contributed by atoms with van der Waals surface area (Å²) in [7, 11) is 0. The Labute approximate surface area is 125 Å². The minimum atomic E-state index is 0.833. The highest BCUT2D eigenvalue weighted by atomic mass is 32.1. The van der Waals surface area contributed by atoms with E-state index in [9.17, 15) is 0 Å². The Bertz CT molecular complexity index is 897. The fraction of sp³-hybridized carbons (Fsp3) is 0.200. The maximum atomic E-state index is 5.81. The van der Waals surface area contributed by atoms with Crippen LogP contribution in [0.1, 0.15) is 12.0 Å². The second kappa shape index (κ2) is 4.08. The van der Waals surface area contributed by atoms with Crippen molar-refractivity contribution >= 4 is 39.5 Å². The van der Waals surface area contributed by atoms with Crippen LogP contribution in [0.4, 0.5) is 0 Å². The van der Waals surface area contributed by atoms with Crippen molar-refractivity contribution in [2.24, 2.45) is 0 Å². The van der Waals surface area contributed by atoms with Crippen molar-refractivity contribution in [3.63, 3.8) is 0 Å². The zero-order chi connectivity index (χ0) is 13.8. The van der Waals surface area contributed by atoms with Crippen LogP contribution >= 0.6 is 11.5 Å². The van der Waals surface area contributed by atoms with Crippen molar-refractivity contribution in [1.29, 1.82) is 0 Å². The second-order valence-corrected chi connectivity index (χ2v) is 5.96. The standard InChI is InChI=1S/C15H12N4OS/c1-4-19(5-1)14-6-9-2-3-11-10(15(9)20-17-14)7-12-13(16-11)8-21-18-12/h2-3,6-8,17H,1,4-5H2. The van der Waals surface area contributed by atoms with E-state index in [1.807, 2.05) is 11.4 Å². The predicted molar refractivity (Wildman–Crippen MR) is 82.9 cm³/mol. The molecule has 0 bridgehead atoms. The van der Waals surface area contributed by atoms with Crippen molar-refractivity contribution in [3.05, 3.63) is 35.0 Å². The highest BCUT2D eigenvalue weighted by molar-refractivity contribution is 7.04. The number of aromatic nitrogens is 2. The van der Waals surface area contributed by atoms with Gasteiger partial charge in [0.05, 0.1) is 5.52 Å². The zero-order valence-corrected chi connectivity index (χ0v) is 12.0. The number of pyridine rings is 1. The third-order valence-electron chi connectivity index (χ3n) is 4.05. The zero-order valence-electron chi connectivity index (χ0n) is 11.2. The number of benzene rings is 1. The molecular formula is C15H12N4OS. The molecule has 5 nitrogen and oxygen atoms in total. The first-order chi connectivity index (χ1) is 10.4. The molecule has 6 heteroatoms. The Balaban J connectivity index is 1.72. The lowest BCUT2D eigenvalue weighted by atomic mass is 10.1. The van der Waals surface area contributed by atoms with Gasteiger partial charge in [-0.05, 0) is 42.2 Å². The molecule has 0 radical (unpaired) electrons. The molecule has 3 aromatic rings. The topological polar surface area (TPSA) is 50.3 Å². The fourth-order valence-corrected chi connectivity index (χ4v) is 3.34. The van der Waals surface area contributed by atoms with Crippen molar-refractivity contribution in [3.8, 4) is 5.75 Å². The van der Waals surface area contributed by atoms with E-state index in [-0.39, 0.29) is 0 Å². The number of rotatable bonds is 1. The van der Waals surface area contributed by atoms with Gasteiger partial charge in [0.15, 0.2) is 5.75 Å². The molecule has 2 aliphatic rings. The molecule has 1 saturated heterocycles. The first kappa shape index (κ1) is 11.3. The molecular weight excluding hydrogens is 284 g/mol. The molecule has 0 amide bonds. The summed E-state index contributed by atoms with van der Waals surface area (Å²) in [6, 6.07) is 6.16. The summed E-state index contributed by atoms with van der Waals surface area (Å²) in [4.78, 5) is 12.7. The van der Waals surface area contributed by atoms with Gasteiger partial charge in [0, 0.05) is 29.4 Å². The molecule has 104 valence electrons. The summed E-state index contributed by atoms with van der Waals surface area (Å²) < 4.78 is 4.36. The summed E-state index contributed by atoms with van der Waals surface area (Å²) in [5.74, 6) is 1.87. The maximum Gasteiger partial charge on any atom is 0.171 e. The average molecular weight is 296 g/mol. The number of fused-ring (bicyclic) bond motifs is 4. The van der Waals surface area contributed by atoms with E-state index in [2.05, 4.69) is 37.9 Å². The van der Waals surface area contributed by atoms with E-state index < -0.39 is 0 Å².